The number of dihydropyridines is 1. The molecule has 2 atom stereocenters. The molecule has 1 aliphatic heterocycles. The summed E-state index contributed by atoms with van der Waals surface area (Å²) >= 11 is 0. The average molecular weight is 584 g/mol. The van der Waals surface area contributed by atoms with Gasteiger partial charge in [-0.3, -0.25) is 4.79 Å². The second kappa shape index (κ2) is 13.6. The molecule has 5 rings (SSSR count). The number of ketones is 1. The summed E-state index contributed by atoms with van der Waals surface area (Å²) in [7, 11) is 4.75. The summed E-state index contributed by atoms with van der Waals surface area (Å²) in [6.07, 6.45) is 0.891. The van der Waals surface area contributed by atoms with Crippen molar-refractivity contribution >= 4 is 11.8 Å². The molecule has 0 radical (unpaired) electrons. The van der Waals surface area contributed by atoms with Crippen molar-refractivity contribution in [3.8, 4) is 17.2 Å². The highest BCUT2D eigenvalue weighted by Crippen LogP contribution is 2.47. The number of hydrogen-bond acceptors (Lipinski definition) is 8. The van der Waals surface area contributed by atoms with Gasteiger partial charge in [-0.2, -0.15) is 0 Å². The van der Waals surface area contributed by atoms with E-state index < -0.39 is 11.9 Å². The van der Waals surface area contributed by atoms with Gasteiger partial charge in [-0.05, 0) is 60.2 Å². The lowest BCUT2D eigenvalue weighted by molar-refractivity contribution is -0.140. The van der Waals surface area contributed by atoms with E-state index in [9.17, 15) is 9.59 Å². The van der Waals surface area contributed by atoms with Crippen molar-refractivity contribution in [2.45, 2.75) is 38.2 Å². The zero-order chi connectivity index (χ0) is 30.3. The van der Waals surface area contributed by atoms with E-state index in [1.807, 2.05) is 79.7 Å². The maximum absolute atomic E-state index is 14.0. The van der Waals surface area contributed by atoms with Gasteiger partial charge in [-0.25, -0.2) is 4.79 Å². The number of nitrogens with one attached hydrogen (secondary N) is 1. The molecule has 3 aromatic rings. The molecule has 1 aliphatic carbocycles. The van der Waals surface area contributed by atoms with E-state index in [-0.39, 0.29) is 24.9 Å². The molecule has 224 valence electrons. The lowest BCUT2D eigenvalue weighted by Gasteiger charge is -2.37. The Morgan fingerprint density at radius 2 is 1.65 bits per heavy atom. The van der Waals surface area contributed by atoms with Crippen LogP contribution in [0.25, 0.3) is 0 Å². The Labute approximate surface area is 252 Å². The third-order valence-electron chi connectivity index (χ3n) is 7.89. The summed E-state index contributed by atoms with van der Waals surface area (Å²) < 4.78 is 27.7. The van der Waals surface area contributed by atoms with Gasteiger partial charge >= 0.3 is 5.97 Å². The van der Waals surface area contributed by atoms with Gasteiger partial charge in [0.2, 0.25) is 0 Å². The Kier molecular flexibility index (Phi) is 9.47. The Bertz CT molecular complexity index is 1540. The van der Waals surface area contributed by atoms with Crippen LogP contribution in [-0.2, 0) is 25.7 Å². The maximum atomic E-state index is 14.0. The highest BCUT2D eigenvalue weighted by molar-refractivity contribution is 6.04. The van der Waals surface area contributed by atoms with E-state index in [2.05, 4.69) is 5.32 Å². The molecule has 43 heavy (non-hydrogen) atoms. The minimum atomic E-state index is -0.606. The Morgan fingerprint density at radius 1 is 0.860 bits per heavy atom. The van der Waals surface area contributed by atoms with Gasteiger partial charge in [-0.15, -0.1) is 0 Å². The van der Waals surface area contributed by atoms with Crippen LogP contribution in [0.5, 0.6) is 17.2 Å². The molecule has 2 aliphatic rings. The van der Waals surface area contributed by atoms with Crippen LogP contribution in [0.2, 0.25) is 0 Å². The van der Waals surface area contributed by atoms with Gasteiger partial charge in [0, 0.05) is 36.4 Å². The monoisotopic (exact) mass is 583 g/mol. The van der Waals surface area contributed by atoms with Crippen LogP contribution in [0.4, 0.5) is 0 Å². The van der Waals surface area contributed by atoms with Gasteiger partial charge in [0.25, 0.3) is 0 Å². The van der Waals surface area contributed by atoms with Crippen molar-refractivity contribution in [2.75, 3.05) is 34.5 Å². The summed E-state index contributed by atoms with van der Waals surface area (Å²) in [6.45, 7) is 2.64. The first-order chi connectivity index (χ1) is 20.9. The topological polar surface area (TPSA) is 92.3 Å². The Balaban J connectivity index is 1.50. The summed E-state index contributed by atoms with van der Waals surface area (Å²) in [5, 5.41) is 3.40. The molecule has 0 amide bonds. The molecule has 0 saturated heterocycles. The largest absolute Gasteiger partial charge is 0.493 e. The fourth-order valence-electron chi connectivity index (χ4n) is 5.81. The molecular weight excluding hydrogens is 546 g/mol. The van der Waals surface area contributed by atoms with Crippen LogP contribution >= 0.6 is 0 Å². The maximum Gasteiger partial charge on any atom is 0.336 e. The van der Waals surface area contributed by atoms with Crippen LogP contribution in [0.3, 0.4) is 0 Å². The predicted molar refractivity (Wildman–Crippen MR) is 162 cm³/mol. The molecule has 0 bridgehead atoms. The van der Waals surface area contributed by atoms with Crippen molar-refractivity contribution < 1.29 is 33.3 Å². The van der Waals surface area contributed by atoms with E-state index in [1.54, 1.807) is 21.3 Å². The van der Waals surface area contributed by atoms with Crippen molar-refractivity contribution in [2.24, 2.45) is 0 Å². The van der Waals surface area contributed by atoms with Crippen LogP contribution < -0.4 is 19.5 Å². The number of carbonyl (C=O) groups is 2. The molecule has 1 N–H and O–H groups in total. The fraction of sp³-hybridized carbons (Fsp3) is 0.314. The second-order valence-electron chi connectivity index (χ2n) is 10.6. The minimum Gasteiger partial charge on any atom is -0.493 e. The molecule has 0 aromatic heterocycles. The quantitative estimate of drug-likeness (QED) is 0.223. The molecule has 0 spiro atoms. The summed E-state index contributed by atoms with van der Waals surface area (Å²) in [5.41, 5.74) is 5.27. The first-order valence-corrected chi connectivity index (χ1v) is 14.3. The van der Waals surface area contributed by atoms with Crippen molar-refractivity contribution in [3.63, 3.8) is 0 Å². The Hall–Kier alpha value is -4.56. The van der Waals surface area contributed by atoms with Crippen LogP contribution in [-0.4, -0.2) is 46.3 Å². The SMILES string of the molecule is COCCOC(=O)C1=C(C)NC2=C(C(=O)C[C@H](c3ccc(OC)c(OC)c3)C2)[C@@H]1c1cccc(OCc2ccccc2)c1. The molecular formula is C35H37NO7. The lowest BCUT2D eigenvalue weighted by Crippen LogP contribution is -2.36. The number of methoxy groups -OCH3 is 3. The lowest BCUT2D eigenvalue weighted by atomic mass is 9.71. The standard InChI is InChI=1S/C35H37NO7/c1-22-32(35(38)42-16-15-39-2)33(25-11-8-12-27(17-25)43-21-23-9-6-5-7-10-23)34-28(36-22)18-26(19-29(34)37)24-13-14-30(40-3)31(20-24)41-4/h5-14,17,20,26,33,36H,15-16,18-19,21H2,1-4H3/t26-,33-/m1/s1. The van der Waals surface area contributed by atoms with Crippen LogP contribution in [0, 0.1) is 0 Å². The van der Waals surface area contributed by atoms with Crippen molar-refractivity contribution in [3.05, 3.63) is 112 Å². The number of benzene rings is 3. The minimum absolute atomic E-state index is 0.0242. The van der Waals surface area contributed by atoms with Gasteiger partial charge in [-0.1, -0.05) is 48.5 Å². The zero-order valence-electron chi connectivity index (χ0n) is 25.0. The number of hydrogen-bond donors (Lipinski definition) is 1. The van der Waals surface area contributed by atoms with Gasteiger partial charge in [0.05, 0.1) is 26.4 Å². The van der Waals surface area contributed by atoms with Crippen LogP contribution in [0.15, 0.2) is 95.3 Å². The molecule has 0 saturated carbocycles. The van der Waals surface area contributed by atoms with Crippen LogP contribution in [0.1, 0.15) is 48.3 Å². The predicted octanol–water partition coefficient (Wildman–Crippen LogP) is 5.83. The first kappa shape index (κ1) is 29.9. The highest BCUT2D eigenvalue weighted by atomic mass is 16.6. The third-order valence-corrected chi connectivity index (χ3v) is 7.89. The first-order valence-electron chi connectivity index (χ1n) is 14.3. The summed E-state index contributed by atoms with van der Waals surface area (Å²) in [4.78, 5) is 27.5. The van der Waals surface area contributed by atoms with Gasteiger partial charge < -0.3 is 29.0 Å². The number of rotatable bonds is 11. The molecule has 0 unspecified atom stereocenters. The molecule has 8 heteroatoms. The van der Waals surface area contributed by atoms with E-state index in [1.165, 1.54) is 0 Å². The fourth-order valence-corrected chi connectivity index (χ4v) is 5.81. The molecule has 0 fully saturated rings. The van der Waals surface area contributed by atoms with Crippen molar-refractivity contribution in [1.29, 1.82) is 0 Å². The number of carbonyl (C=O) groups excluding carboxylic acids is 2. The van der Waals surface area contributed by atoms with Crippen molar-refractivity contribution in [1.82, 2.24) is 5.32 Å². The summed E-state index contributed by atoms with van der Waals surface area (Å²) in [6, 6.07) is 23.3. The number of ether oxygens (including phenoxy) is 5. The smallest absolute Gasteiger partial charge is 0.336 e. The molecule has 3 aromatic carbocycles. The highest BCUT2D eigenvalue weighted by Gasteiger charge is 2.41. The number of allylic oxidation sites excluding steroid dienone is 3. The second-order valence-corrected chi connectivity index (χ2v) is 10.6. The average Bonchev–Trinajstić information content (AvgIpc) is 3.03. The summed E-state index contributed by atoms with van der Waals surface area (Å²) in [5.74, 6) is 0.722. The molecule has 8 nitrogen and oxygen atoms in total. The van der Waals surface area contributed by atoms with E-state index in [4.69, 9.17) is 23.7 Å². The normalized spacial score (nSPS) is 18.1. The Morgan fingerprint density at radius 3 is 2.40 bits per heavy atom. The third kappa shape index (κ3) is 6.60. The van der Waals surface area contributed by atoms with E-state index in [0.717, 1.165) is 22.4 Å². The zero-order valence-corrected chi connectivity index (χ0v) is 25.0. The van der Waals surface area contributed by atoms with E-state index >= 15 is 0 Å². The van der Waals surface area contributed by atoms with Gasteiger partial charge in [0.1, 0.15) is 19.0 Å². The number of Topliss-reactive ketones (excluding diaryl/α,β-unsaturated/α-hetero) is 1. The van der Waals surface area contributed by atoms with E-state index in [0.29, 0.717) is 53.5 Å². The molecule has 1 heterocycles. The van der Waals surface area contributed by atoms with Gasteiger partial charge in [0.15, 0.2) is 17.3 Å². The number of esters is 1.